The molecule has 9 heteroatoms. The molecule has 0 aliphatic carbocycles. The maximum atomic E-state index is 15.3. The minimum absolute atomic E-state index is 0.0797. The third-order valence-corrected chi connectivity index (χ3v) is 7.63. The summed E-state index contributed by atoms with van der Waals surface area (Å²) in [4.78, 5) is 26.2. The highest BCUT2D eigenvalue weighted by molar-refractivity contribution is 6.02. The van der Waals surface area contributed by atoms with E-state index >= 15 is 4.39 Å². The highest BCUT2D eigenvalue weighted by atomic mass is 19.1. The summed E-state index contributed by atoms with van der Waals surface area (Å²) in [7, 11) is 1.80. The Kier molecular flexibility index (Phi) is 6.18. The molecule has 7 nitrogen and oxygen atoms in total. The van der Waals surface area contributed by atoms with Crippen LogP contribution in [0.3, 0.4) is 0 Å². The molecule has 0 spiro atoms. The number of fused-ring (bicyclic) bond motifs is 1. The molecule has 3 atom stereocenters. The highest BCUT2D eigenvalue weighted by Crippen LogP contribution is 2.36. The van der Waals surface area contributed by atoms with E-state index < -0.39 is 12.1 Å². The minimum atomic E-state index is -0.792. The second kappa shape index (κ2) is 9.10. The maximum absolute atomic E-state index is 15.3. The van der Waals surface area contributed by atoms with E-state index in [9.17, 15) is 14.0 Å². The number of halogens is 2. The van der Waals surface area contributed by atoms with Crippen LogP contribution in [0, 0.1) is 11.7 Å². The number of hydrogen-bond acceptors (Lipinski definition) is 5. The molecule has 2 N–H and O–H groups in total. The maximum Gasteiger partial charge on any atom is 0.235 e. The van der Waals surface area contributed by atoms with Gasteiger partial charge >= 0.3 is 0 Å². The van der Waals surface area contributed by atoms with Crippen LogP contribution in [-0.2, 0) is 16.6 Å². The molecule has 1 aromatic carbocycles. The van der Waals surface area contributed by atoms with E-state index in [2.05, 4.69) is 20.6 Å². The molecule has 0 bridgehead atoms. The molecule has 1 aromatic heterocycles. The lowest BCUT2D eigenvalue weighted by Crippen LogP contribution is -2.45. The first kappa shape index (κ1) is 22.4. The van der Waals surface area contributed by atoms with E-state index in [-0.39, 0.29) is 35.9 Å². The number of amides is 2. The summed E-state index contributed by atoms with van der Waals surface area (Å²) < 4.78 is 31.2. The number of imide groups is 1. The zero-order chi connectivity index (χ0) is 23.1. The van der Waals surface area contributed by atoms with Gasteiger partial charge in [-0.25, -0.2) is 8.78 Å². The Labute approximate surface area is 191 Å². The van der Waals surface area contributed by atoms with Gasteiger partial charge < -0.3 is 10.2 Å². The van der Waals surface area contributed by atoms with E-state index in [0.717, 1.165) is 51.0 Å². The molecule has 4 heterocycles. The van der Waals surface area contributed by atoms with Crippen LogP contribution in [0.4, 0.5) is 8.78 Å². The van der Waals surface area contributed by atoms with E-state index in [4.69, 9.17) is 0 Å². The predicted octanol–water partition coefficient (Wildman–Crippen LogP) is 2.36. The van der Waals surface area contributed by atoms with Gasteiger partial charge in [-0.1, -0.05) is 0 Å². The number of piperidine rings is 3. The number of alkyl halides is 1. The fraction of sp³-hybridized carbons (Fsp3) is 0.625. The number of hydrogen-bond donors (Lipinski definition) is 2. The van der Waals surface area contributed by atoms with Crippen molar-refractivity contribution in [2.24, 2.45) is 13.0 Å². The average molecular weight is 460 g/mol. The van der Waals surface area contributed by atoms with Gasteiger partial charge in [0.15, 0.2) is 0 Å². The predicted molar refractivity (Wildman–Crippen MR) is 120 cm³/mol. The van der Waals surface area contributed by atoms with E-state index in [1.54, 1.807) is 11.7 Å². The van der Waals surface area contributed by atoms with Crippen molar-refractivity contribution in [3.8, 4) is 0 Å². The Bertz CT molecular complexity index is 1060. The molecule has 3 fully saturated rings. The van der Waals surface area contributed by atoms with Gasteiger partial charge in [0.05, 0.1) is 17.1 Å². The van der Waals surface area contributed by atoms with Crippen LogP contribution in [0.5, 0.6) is 0 Å². The van der Waals surface area contributed by atoms with Gasteiger partial charge in [-0.05, 0) is 68.9 Å². The van der Waals surface area contributed by atoms with Gasteiger partial charge in [0.1, 0.15) is 12.0 Å². The van der Waals surface area contributed by atoms with Crippen LogP contribution < -0.4 is 10.6 Å². The van der Waals surface area contributed by atoms with Crippen LogP contribution in [0.1, 0.15) is 55.2 Å². The lowest BCUT2D eigenvalue weighted by molar-refractivity contribution is -0.134. The molecule has 3 aliphatic rings. The summed E-state index contributed by atoms with van der Waals surface area (Å²) in [5.74, 6) is -1.28. The Morgan fingerprint density at radius 2 is 1.94 bits per heavy atom. The molecule has 2 aromatic rings. The van der Waals surface area contributed by atoms with Crippen molar-refractivity contribution in [2.45, 2.75) is 50.1 Å². The third kappa shape index (κ3) is 4.40. The number of carbonyl (C=O) groups is 2. The molecule has 2 amide bonds. The molecular formula is C24H31F2N5O2. The lowest BCUT2D eigenvalue weighted by Gasteiger charge is -2.36. The number of aryl methyl sites for hydroxylation is 1. The quantitative estimate of drug-likeness (QED) is 0.687. The molecule has 178 valence electrons. The number of nitrogens with one attached hydrogen (secondary N) is 2. The van der Waals surface area contributed by atoms with Crippen molar-refractivity contribution < 1.29 is 18.4 Å². The Morgan fingerprint density at radius 3 is 2.67 bits per heavy atom. The van der Waals surface area contributed by atoms with Gasteiger partial charge in [0.2, 0.25) is 11.8 Å². The fourth-order valence-corrected chi connectivity index (χ4v) is 5.68. The summed E-state index contributed by atoms with van der Waals surface area (Å²) in [6.07, 6.45) is 2.38. The zero-order valence-corrected chi connectivity index (χ0v) is 18.9. The molecule has 3 aliphatic heterocycles. The van der Waals surface area contributed by atoms with Crippen molar-refractivity contribution in [3.05, 3.63) is 29.2 Å². The van der Waals surface area contributed by atoms with Crippen LogP contribution in [0.15, 0.2) is 12.1 Å². The molecule has 0 radical (unpaired) electrons. The third-order valence-electron chi connectivity index (χ3n) is 7.63. The fourth-order valence-electron chi connectivity index (χ4n) is 5.68. The normalized spacial score (nSPS) is 27.8. The van der Waals surface area contributed by atoms with Crippen molar-refractivity contribution >= 4 is 22.7 Å². The Morgan fingerprint density at radius 1 is 1.15 bits per heavy atom. The molecule has 0 saturated carbocycles. The topological polar surface area (TPSA) is 79.3 Å². The summed E-state index contributed by atoms with van der Waals surface area (Å²) in [6.45, 7) is 3.77. The standard InChI is InChI=1S/C24H31F2N5O2/c1-30-21-11-17(14-5-8-31(9-6-14)13-15-4-7-27-12-20(15)26)19(25)10-18(21)23(29-30)16-2-3-22(32)28-24(16)33/h10-11,14-16,20,27H,2-9,12-13H2,1H3,(H,28,32,33)/t15-,16?,20-/m1/s1. The Balaban J connectivity index is 1.31. The molecule has 33 heavy (non-hydrogen) atoms. The number of benzene rings is 1. The number of likely N-dealkylation sites (tertiary alicyclic amines) is 1. The van der Waals surface area contributed by atoms with Gasteiger partial charge in [-0.15, -0.1) is 0 Å². The first-order valence-electron chi connectivity index (χ1n) is 12.0. The van der Waals surface area contributed by atoms with Gasteiger partial charge in [0.25, 0.3) is 0 Å². The summed E-state index contributed by atoms with van der Waals surface area (Å²) >= 11 is 0. The average Bonchev–Trinajstić information content (AvgIpc) is 3.10. The summed E-state index contributed by atoms with van der Waals surface area (Å²) in [5, 5.41) is 10.6. The van der Waals surface area contributed by atoms with Gasteiger partial charge in [-0.3, -0.25) is 19.6 Å². The van der Waals surface area contributed by atoms with Crippen molar-refractivity contribution in [3.63, 3.8) is 0 Å². The lowest BCUT2D eigenvalue weighted by atomic mass is 9.86. The van der Waals surface area contributed by atoms with E-state index in [1.165, 1.54) is 6.07 Å². The van der Waals surface area contributed by atoms with Gasteiger partial charge in [0, 0.05) is 37.9 Å². The van der Waals surface area contributed by atoms with Crippen LogP contribution in [0.2, 0.25) is 0 Å². The monoisotopic (exact) mass is 459 g/mol. The number of aromatic nitrogens is 2. The number of rotatable bonds is 4. The molecule has 5 rings (SSSR count). The van der Waals surface area contributed by atoms with Crippen LogP contribution >= 0.6 is 0 Å². The minimum Gasteiger partial charge on any atom is -0.314 e. The van der Waals surface area contributed by atoms with E-state index in [1.807, 2.05) is 6.07 Å². The largest absolute Gasteiger partial charge is 0.314 e. The second-order valence-corrected chi connectivity index (χ2v) is 9.75. The van der Waals surface area contributed by atoms with Crippen LogP contribution in [0.25, 0.3) is 10.9 Å². The second-order valence-electron chi connectivity index (χ2n) is 9.75. The van der Waals surface area contributed by atoms with Crippen molar-refractivity contribution in [1.29, 1.82) is 0 Å². The SMILES string of the molecule is Cn1nc(C2CCC(=O)NC2=O)c2cc(F)c(C3CCN(C[C@H]4CCNC[C@H]4F)CC3)cc21. The zero-order valence-electron chi connectivity index (χ0n) is 18.9. The molecule has 3 saturated heterocycles. The Hall–Kier alpha value is -2.39. The summed E-state index contributed by atoms with van der Waals surface area (Å²) in [5.41, 5.74) is 2.01. The molecule has 1 unspecified atom stereocenters. The van der Waals surface area contributed by atoms with Crippen LogP contribution in [-0.4, -0.2) is 65.4 Å². The van der Waals surface area contributed by atoms with E-state index in [0.29, 0.717) is 29.6 Å². The first-order valence-corrected chi connectivity index (χ1v) is 12.0. The van der Waals surface area contributed by atoms with Gasteiger partial charge in [-0.2, -0.15) is 5.10 Å². The summed E-state index contributed by atoms with van der Waals surface area (Å²) in [6, 6.07) is 3.38. The number of carbonyl (C=O) groups excluding carboxylic acids is 2. The first-order chi connectivity index (χ1) is 15.9. The number of nitrogens with zero attached hydrogens (tertiary/aromatic N) is 3. The molecular weight excluding hydrogens is 428 g/mol. The highest BCUT2D eigenvalue weighted by Gasteiger charge is 2.33. The van der Waals surface area contributed by atoms with Crippen molar-refractivity contribution in [1.82, 2.24) is 25.3 Å². The smallest absolute Gasteiger partial charge is 0.235 e. The van der Waals surface area contributed by atoms with Crippen molar-refractivity contribution in [2.75, 3.05) is 32.7 Å².